The molecule has 0 aliphatic carbocycles. The fourth-order valence-electron chi connectivity index (χ4n) is 3.51. The van der Waals surface area contributed by atoms with Gasteiger partial charge in [-0.15, -0.1) is 0 Å². The third-order valence-electron chi connectivity index (χ3n) is 4.49. The van der Waals surface area contributed by atoms with Gasteiger partial charge in [0.1, 0.15) is 0 Å². The Hall–Kier alpha value is -1.07. The van der Waals surface area contributed by atoms with Crippen LogP contribution in [-0.2, 0) is 13.1 Å². The molecule has 1 aromatic heterocycles. The molecule has 1 aromatic rings. The summed E-state index contributed by atoms with van der Waals surface area (Å²) in [5.74, 6) is 1.47. The molecule has 0 aromatic carbocycles. The largest absolute Gasteiger partial charge is 0.478 e. The van der Waals surface area contributed by atoms with E-state index in [1.54, 1.807) is 0 Å². The van der Waals surface area contributed by atoms with Crippen molar-refractivity contribution in [3.05, 3.63) is 11.3 Å². The van der Waals surface area contributed by atoms with Gasteiger partial charge >= 0.3 is 0 Å². The van der Waals surface area contributed by atoms with Gasteiger partial charge in [0.05, 0.1) is 24.0 Å². The third-order valence-corrected chi connectivity index (χ3v) is 4.49. The summed E-state index contributed by atoms with van der Waals surface area (Å²) < 4.78 is 7.97. The number of aliphatic hydroxyl groups is 1. The molecule has 23 heavy (non-hydrogen) atoms. The molecular weight excluding hydrogens is 290 g/mol. The zero-order chi connectivity index (χ0) is 17.0. The van der Waals surface area contributed by atoms with Crippen LogP contribution in [-0.4, -0.2) is 45.1 Å². The Balaban J connectivity index is 2.19. The lowest BCUT2D eigenvalue weighted by Crippen LogP contribution is -2.31. The van der Waals surface area contributed by atoms with E-state index in [-0.39, 0.29) is 6.10 Å². The maximum atomic E-state index is 9.73. The second-order valence-corrected chi connectivity index (χ2v) is 7.23. The first-order valence-corrected chi connectivity index (χ1v) is 9.03. The van der Waals surface area contributed by atoms with E-state index in [0.29, 0.717) is 18.6 Å². The summed E-state index contributed by atoms with van der Waals surface area (Å²) in [6.45, 7) is 13.9. The molecule has 1 aliphatic heterocycles. The highest BCUT2D eigenvalue weighted by molar-refractivity contribution is 5.31. The predicted octanol–water partition coefficient (Wildman–Crippen LogP) is 2.98. The van der Waals surface area contributed by atoms with E-state index in [1.165, 1.54) is 18.4 Å². The molecule has 5 heteroatoms. The Labute approximate surface area is 140 Å². The van der Waals surface area contributed by atoms with Gasteiger partial charge in [-0.25, -0.2) is 4.68 Å². The summed E-state index contributed by atoms with van der Waals surface area (Å²) in [7, 11) is 0. The van der Waals surface area contributed by atoms with Crippen LogP contribution in [0.15, 0.2) is 0 Å². The van der Waals surface area contributed by atoms with Crippen molar-refractivity contribution in [2.75, 3.05) is 13.2 Å². The first kappa shape index (κ1) is 18.3. The van der Waals surface area contributed by atoms with Crippen molar-refractivity contribution in [3.8, 4) is 5.88 Å². The van der Waals surface area contributed by atoms with Crippen LogP contribution in [0.3, 0.4) is 0 Å². The lowest BCUT2D eigenvalue weighted by atomic mass is 10.1. The van der Waals surface area contributed by atoms with Crippen molar-refractivity contribution in [2.45, 2.75) is 79.1 Å². The van der Waals surface area contributed by atoms with Gasteiger partial charge in [0.25, 0.3) is 0 Å². The zero-order valence-corrected chi connectivity index (χ0v) is 15.4. The highest BCUT2D eigenvalue weighted by atomic mass is 16.5. The number of hydrogen-bond acceptors (Lipinski definition) is 4. The van der Waals surface area contributed by atoms with Crippen molar-refractivity contribution in [3.63, 3.8) is 0 Å². The van der Waals surface area contributed by atoms with Crippen molar-refractivity contribution < 1.29 is 9.84 Å². The number of nitrogens with zero attached hydrogens (tertiary/aromatic N) is 3. The van der Waals surface area contributed by atoms with Crippen molar-refractivity contribution in [1.29, 1.82) is 0 Å². The molecule has 0 bridgehead atoms. The summed E-state index contributed by atoms with van der Waals surface area (Å²) in [6.07, 6.45) is 2.99. The Bertz CT molecular complexity index is 497. The van der Waals surface area contributed by atoms with Gasteiger partial charge in [-0.1, -0.05) is 13.8 Å². The van der Waals surface area contributed by atoms with Crippen LogP contribution in [0.25, 0.3) is 0 Å². The van der Waals surface area contributed by atoms with E-state index in [9.17, 15) is 5.11 Å². The van der Waals surface area contributed by atoms with Crippen LogP contribution in [0, 0.1) is 12.8 Å². The maximum Gasteiger partial charge on any atom is 0.216 e. The minimum absolute atomic E-state index is 0.239. The number of rotatable bonds is 8. The average Bonchev–Trinajstić information content (AvgIpc) is 2.98. The zero-order valence-electron chi connectivity index (χ0n) is 15.4. The SMILES string of the molecule is CCOc1c(CN2CCCC2CC(C)O)c(C)nn1CC(C)C. The Morgan fingerprint density at radius 3 is 2.70 bits per heavy atom. The minimum Gasteiger partial charge on any atom is -0.478 e. The minimum atomic E-state index is -0.239. The van der Waals surface area contributed by atoms with Crippen molar-refractivity contribution >= 4 is 0 Å². The monoisotopic (exact) mass is 323 g/mol. The molecule has 0 saturated carbocycles. The highest BCUT2D eigenvalue weighted by Crippen LogP contribution is 2.29. The Morgan fingerprint density at radius 2 is 2.09 bits per heavy atom. The van der Waals surface area contributed by atoms with Gasteiger partial charge in [0.15, 0.2) is 0 Å². The molecule has 1 N–H and O–H groups in total. The molecule has 1 fully saturated rings. The standard InChI is InChI=1S/C18H33N3O2/c1-6-23-18-17(15(5)19-21(18)11-13(2)3)12-20-9-7-8-16(20)10-14(4)22/h13-14,16,22H,6-12H2,1-5H3. The molecule has 1 aliphatic rings. The number of aliphatic hydroxyl groups excluding tert-OH is 1. The lowest BCUT2D eigenvalue weighted by molar-refractivity contribution is 0.130. The lowest BCUT2D eigenvalue weighted by Gasteiger charge is -2.25. The molecule has 2 atom stereocenters. The molecule has 2 rings (SSSR count). The number of aromatic nitrogens is 2. The molecule has 132 valence electrons. The molecule has 1 saturated heterocycles. The van der Waals surface area contributed by atoms with Crippen LogP contribution >= 0.6 is 0 Å². The Kier molecular flexibility index (Phi) is 6.48. The summed E-state index contributed by atoms with van der Waals surface area (Å²) in [5.41, 5.74) is 2.28. The quantitative estimate of drug-likeness (QED) is 0.799. The molecule has 0 amide bonds. The molecular formula is C18H33N3O2. The summed E-state index contributed by atoms with van der Waals surface area (Å²) in [4.78, 5) is 2.49. The fourth-order valence-corrected chi connectivity index (χ4v) is 3.51. The van der Waals surface area contributed by atoms with E-state index < -0.39 is 0 Å². The summed E-state index contributed by atoms with van der Waals surface area (Å²) in [5, 5.41) is 14.4. The van der Waals surface area contributed by atoms with E-state index in [1.807, 2.05) is 18.5 Å². The molecule has 0 spiro atoms. The normalized spacial score (nSPS) is 20.4. The van der Waals surface area contributed by atoms with Crippen LogP contribution < -0.4 is 4.74 Å². The van der Waals surface area contributed by atoms with Crippen LogP contribution in [0.4, 0.5) is 0 Å². The van der Waals surface area contributed by atoms with Crippen molar-refractivity contribution in [1.82, 2.24) is 14.7 Å². The second-order valence-electron chi connectivity index (χ2n) is 7.23. The number of likely N-dealkylation sites (tertiary alicyclic amines) is 1. The van der Waals surface area contributed by atoms with Crippen LogP contribution in [0.1, 0.15) is 58.2 Å². The average molecular weight is 323 g/mol. The Morgan fingerprint density at radius 1 is 1.35 bits per heavy atom. The predicted molar refractivity (Wildman–Crippen MR) is 92.7 cm³/mol. The van der Waals surface area contributed by atoms with Gasteiger partial charge in [0, 0.05) is 19.1 Å². The molecule has 5 nitrogen and oxygen atoms in total. The second kappa shape index (κ2) is 8.15. The van der Waals surface area contributed by atoms with E-state index in [0.717, 1.165) is 37.6 Å². The fraction of sp³-hybridized carbons (Fsp3) is 0.833. The third kappa shape index (κ3) is 4.70. The molecule has 2 heterocycles. The van der Waals surface area contributed by atoms with Crippen LogP contribution in [0.2, 0.25) is 0 Å². The number of ether oxygens (including phenoxy) is 1. The van der Waals surface area contributed by atoms with Crippen LogP contribution in [0.5, 0.6) is 5.88 Å². The summed E-state index contributed by atoms with van der Waals surface area (Å²) >= 11 is 0. The summed E-state index contributed by atoms with van der Waals surface area (Å²) in [6, 6.07) is 0.470. The van der Waals surface area contributed by atoms with Gasteiger partial charge in [-0.05, 0) is 52.5 Å². The van der Waals surface area contributed by atoms with E-state index >= 15 is 0 Å². The first-order chi connectivity index (χ1) is 10.9. The van der Waals surface area contributed by atoms with Crippen molar-refractivity contribution in [2.24, 2.45) is 5.92 Å². The molecule has 0 radical (unpaired) electrons. The number of hydrogen-bond donors (Lipinski definition) is 1. The first-order valence-electron chi connectivity index (χ1n) is 9.03. The topological polar surface area (TPSA) is 50.5 Å². The van der Waals surface area contributed by atoms with Gasteiger partial charge in [-0.2, -0.15) is 5.10 Å². The van der Waals surface area contributed by atoms with Gasteiger partial charge in [-0.3, -0.25) is 4.90 Å². The smallest absolute Gasteiger partial charge is 0.216 e. The highest BCUT2D eigenvalue weighted by Gasteiger charge is 2.28. The van der Waals surface area contributed by atoms with E-state index in [4.69, 9.17) is 9.84 Å². The maximum absolute atomic E-state index is 9.73. The molecule has 2 unspecified atom stereocenters. The van der Waals surface area contributed by atoms with Gasteiger partial charge in [0.2, 0.25) is 5.88 Å². The van der Waals surface area contributed by atoms with Gasteiger partial charge < -0.3 is 9.84 Å². The number of aryl methyl sites for hydroxylation is 1. The van der Waals surface area contributed by atoms with E-state index in [2.05, 4.69) is 25.7 Å².